The Labute approximate surface area is 145 Å². The van der Waals surface area contributed by atoms with Gasteiger partial charge in [0.15, 0.2) is 0 Å². The first-order valence-corrected chi connectivity index (χ1v) is 9.51. The van der Waals surface area contributed by atoms with Crippen molar-refractivity contribution in [1.82, 2.24) is 14.8 Å². The molecule has 2 aliphatic carbocycles. The lowest BCUT2D eigenvalue weighted by Gasteiger charge is -2.39. The van der Waals surface area contributed by atoms with Crippen LogP contribution < -0.4 is 0 Å². The van der Waals surface area contributed by atoms with Gasteiger partial charge in [-0.25, -0.2) is 0 Å². The molecule has 0 unspecified atom stereocenters. The first-order chi connectivity index (χ1) is 11.6. The molecular weight excluding hydrogens is 298 g/mol. The van der Waals surface area contributed by atoms with Gasteiger partial charge >= 0.3 is 0 Å². The van der Waals surface area contributed by atoms with Crippen LogP contribution in [-0.4, -0.2) is 46.9 Å². The number of nitrogens with zero attached hydrogens (tertiary/aromatic N) is 3. The zero-order valence-electron chi connectivity index (χ0n) is 14.9. The van der Waals surface area contributed by atoms with Crippen LogP contribution in [0.3, 0.4) is 0 Å². The van der Waals surface area contributed by atoms with Crippen LogP contribution in [0.5, 0.6) is 0 Å². The maximum absolute atomic E-state index is 12.6. The first-order valence-electron chi connectivity index (χ1n) is 9.51. The summed E-state index contributed by atoms with van der Waals surface area (Å²) >= 11 is 0. The second-order valence-corrected chi connectivity index (χ2v) is 8.26. The molecule has 2 saturated carbocycles. The van der Waals surface area contributed by atoms with E-state index in [4.69, 9.17) is 0 Å². The monoisotopic (exact) mass is 327 g/mol. The summed E-state index contributed by atoms with van der Waals surface area (Å²) in [6, 6.07) is 4.76. The van der Waals surface area contributed by atoms with Crippen molar-refractivity contribution in [1.29, 1.82) is 0 Å². The highest BCUT2D eigenvalue weighted by molar-refractivity contribution is 5.81. The summed E-state index contributed by atoms with van der Waals surface area (Å²) in [5, 5.41) is 0. The van der Waals surface area contributed by atoms with E-state index in [1.54, 1.807) is 0 Å². The largest absolute Gasteiger partial charge is 0.342 e. The van der Waals surface area contributed by atoms with Gasteiger partial charge in [0, 0.05) is 44.0 Å². The number of aromatic nitrogens is 1. The van der Waals surface area contributed by atoms with Gasteiger partial charge in [0.2, 0.25) is 5.91 Å². The van der Waals surface area contributed by atoms with Gasteiger partial charge in [0.25, 0.3) is 0 Å². The Morgan fingerprint density at radius 1 is 1.38 bits per heavy atom. The van der Waals surface area contributed by atoms with E-state index in [9.17, 15) is 4.79 Å². The predicted octanol–water partition coefficient (Wildman–Crippen LogP) is 2.80. The SMILES string of the molecule is C[C@@H]1C[C@@H]1C(=O)N1C[C@H]2CCC[C@H](N(C)Cc3cccnc3)[C@H]2C1. The minimum atomic E-state index is 0.330. The summed E-state index contributed by atoms with van der Waals surface area (Å²) < 4.78 is 0. The predicted molar refractivity (Wildman–Crippen MR) is 94.2 cm³/mol. The average Bonchev–Trinajstić information content (AvgIpc) is 3.16. The molecule has 1 aliphatic heterocycles. The fourth-order valence-corrected chi connectivity index (χ4v) is 4.97. The minimum Gasteiger partial charge on any atom is -0.342 e. The van der Waals surface area contributed by atoms with E-state index in [-0.39, 0.29) is 0 Å². The summed E-state index contributed by atoms with van der Waals surface area (Å²) in [7, 11) is 2.24. The van der Waals surface area contributed by atoms with Crippen molar-refractivity contribution in [3.8, 4) is 0 Å². The van der Waals surface area contributed by atoms with Crippen molar-refractivity contribution < 1.29 is 4.79 Å². The maximum atomic E-state index is 12.6. The Kier molecular flexibility index (Phi) is 4.33. The fourth-order valence-electron chi connectivity index (χ4n) is 4.97. The van der Waals surface area contributed by atoms with Crippen LogP contribution in [0.4, 0.5) is 0 Å². The molecule has 0 aromatic carbocycles. The van der Waals surface area contributed by atoms with E-state index < -0.39 is 0 Å². The van der Waals surface area contributed by atoms with Crippen molar-refractivity contribution in [2.24, 2.45) is 23.7 Å². The van der Waals surface area contributed by atoms with Crippen LogP contribution >= 0.6 is 0 Å². The molecule has 3 aliphatic rings. The molecule has 24 heavy (non-hydrogen) atoms. The van der Waals surface area contributed by atoms with Crippen molar-refractivity contribution in [3.63, 3.8) is 0 Å². The van der Waals surface area contributed by atoms with Gasteiger partial charge in [-0.05, 0) is 55.7 Å². The van der Waals surface area contributed by atoms with Crippen LogP contribution in [0, 0.1) is 23.7 Å². The molecule has 0 N–H and O–H groups in total. The lowest BCUT2D eigenvalue weighted by Crippen LogP contribution is -2.43. The standard InChI is InChI=1S/C20H29N3O/c1-14-9-17(14)20(24)23-12-16-6-3-7-19(18(16)13-23)22(2)11-15-5-4-8-21-10-15/h4-5,8,10,14,16-19H,3,6-7,9,11-13H2,1-2H3/t14-,16-,17+,18+,19+/m1/s1. The Balaban J connectivity index is 1.42. The van der Waals surface area contributed by atoms with E-state index in [1.807, 2.05) is 18.5 Å². The second kappa shape index (κ2) is 6.47. The maximum Gasteiger partial charge on any atom is 0.225 e. The Hall–Kier alpha value is -1.42. The number of fused-ring (bicyclic) bond motifs is 1. The fraction of sp³-hybridized carbons (Fsp3) is 0.700. The molecule has 4 heteroatoms. The topological polar surface area (TPSA) is 36.4 Å². The van der Waals surface area contributed by atoms with Crippen molar-refractivity contribution in [3.05, 3.63) is 30.1 Å². The quantitative estimate of drug-likeness (QED) is 0.853. The van der Waals surface area contributed by atoms with Gasteiger partial charge in [0.1, 0.15) is 0 Å². The molecule has 3 fully saturated rings. The molecule has 0 spiro atoms. The Morgan fingerprint density at radius 2 is 2.21 bits per heavy atom. The minimum absolute atomic E-state index is 0.330. The number of hydrogen-bond acceptors (Lipinski definition) is 3. The highest BCUT2D eigenvalue weighted by atomic mass is 16.2. The lowest BCUT2D eigenvalue weighted by atomic mass is 9.77. The van der Waals surface area contributed by atoms with Crippen LogP contribution in [-0.2, 0) is 11.3 Å². The van der Waals surface area contributed by atoms with Crippen LogP contribution in [0.2, 0.25) is 0 Å². The first kappa shape index (κ1) is 16.1. The zero-order valence-corrected chi connectivity index (χ0v) is 14.9. The molecule has 5 atom stereocenters. The molecule has 1 amide bonds. The Bertz CT molecular complexity index is 590. The molecule has 4 nitrogen and oxygen atoms in total. The number of pyridine rings is 1. The molecule has 130 valence electrons. The third-order valence-corrected chi connectivity index (χ3v) is 6.52. The van der Waals surface area contributed by atoms with Crippen molar-refractivity contribution >= 4 is 5.91 Å². The summed E-state index contributed by atoms with van der Waals surface area (Å²) in [5.41, 5.74) is 1.28. The number of carbonyl (C=O) groups excluding carboxylic acids is 1. The van der Waals surface area contributed by atoms with E-state index in [0.717, 1.165) is 26.1 Å². The number of amides is 1. The number of carbonyl (C=O) groups is 1. The summed E-state index contributed by atoms with van der Waals surface area (Å²) in [4.78, 5) is 21.6. The van der Waals surface area contributed by atoms with E-state index >= 15 is 0 Å². The van der Waals surface area contributed by atoms with Gasteiger partial charge < -0.3 is 4.90 Å². The molecule has 0 bridgehead atoms. The van der Waals surface area contributed by atoms with Crippen LogP contribution in [0.1, 0.15) is 38.2 Å². The van der Waals surface area contributed by atoms with Crippen LogP contribution in [0.25, 0.3) is 0 Å². The molecule has 0 radical (unpaired) electrons. The summed E-state index contributed by atoms with van der Waals surface area (Å²) in [5.74, 6) is 2.74. The molecular formula is C20H29N3O. The summed E-state index contributed by atoms with van der Waals surface area (Å²) in [6.07, 6.45) is 8.76. The van der Waals surface area contributed by atoms with Crippen LogP contribution in [0.15, 0.2) is 24.5 Å². The van der Waals surface area contributed by atoms with E-state index in [2.05, 4.69) is 34.8 Å². The normalized spacial score (nSPS) is 35.1. The molecule has 1 aromatic heterocycles. The van der Waals surface area contributed by atoms with Gasteiger partial charge in [-0.1, -0.05) is 19.4 Å². The van der Waals surface area contributed by atoms with Gasteiger partial charge in [0.05, 0.1) is 0 Å². The van der Waals surface area contributed by atoms with Gasteiger partial charge in [-0.2, -0.15) is 0 Å². The highest BCUT2D eigenvalue weighted by Gasteiger charge is 2.47. The molecule has 2 heterocycles. The van der Waals surface area contributed by atoms with Gasteiger partial charge in [-0.3, -0.25) is 14.7 Å². The lowest BCUT2D eigenvalue weighted by molar-refractivity contribution is -0.132. The van der Waals surface area contributed by atoms with Gasteiger partial charge in [-0.15, -0.1) is 0 Å². The number of likely N-dealkylation sites (tertiary alicyclic amines) is 1. The Morgan fingerprint density at radius 3 is 2.92 bits per heavy atom. The van der Waals surface area contributed by atoms with E-state index in [0.29, 0.717) is 35.6 Å². The molecule has 1 aromatic rings. The summed E-state index contributed by atoms with van der Waals surface area (Å²) in [6.45, 7) is 5.14. The zero-order chi connectivity index (χ0) is 16.7. The third kappa shape index (κ3) is 3.08. The smallest absolute Gasteiger partial charge is 0.225 e. The highest BCUT2D eigenvalue weighted by Crippen LogP contribution is 2.43. The van der Waals surface area contributed by atoms with E-state index in [1.165, 1.54) is 24.8 Å². The number of hydrogen-bond donors (Lipinski definition) is 0. The van der Waals surface area contributed by atoms with Crippen molar-refractivity contribution in [2.75, 3.05) is 20.1 Å². The molecule has 1 saturated heterocycles. The third-order valence-electron chi connectivity index (χ3n) is 6.52. The molecule has 4 rings (SSSR count). The van der Waals surface area contributed by atoms with Crippen molar-refractivity contribution in [2.45, 2.75) is 45.2 Å². The average molecular weight is 327 g/mol. The second-order valence-electron chi connectivity index (χ2n) is 8.26. The number of rotatable bonds is 4.